The molecule has 4 aromatic rings. The highest BCUT2D eigenvalue weighted by Crippen LogP contribution is 2.36. The lowest BCUT2D eigenvalue weighted by molar-refractivity contribution is 0.0533. The molecular weight excluding hydrogens is 436 g/mol. The van der Waals surface area contributed by atoms with E-state index in [1.165, 1.54) is 12.8 Å². The standard InChI is InChI=1S/C28H34N6O/c1-18-22(16-29-2)7-5-13-33(18)28(35)21-10-11-24-23(14-21)31-27(32(24)3)25-15-20-6-4-12-30-26(20)34(25)17-19-8-9-19/h4,6,10-12,14-15,18-19,22,29H,5,7-9,13,16-17H2,1-3H3/t18-,22+/m1/s1. The van der Waals surface area contributed by atoms with Crippen molar-refractivity contribution in [3.05, 3.63) is 48.2 Å². The predicted octanol–water partition coefficient (Wildman–Crippen LogP) is 4.46. The number of likely N-dealkylation sites (tertiary alicyclic amines) is 1. The molecule has 1 aliphatic heterocycles. The third-order valence-electron chi connectivity index (χ3n) is 8.03. The zero-order valence-corrected chi connectivity index (χ0v) is 20.9. The van der Waals surface area contributed by atoms with Crippen LogP contribution in [0.4, 0.5) is 0 Å². The SMILES string of the molecule is CNC[C@@H]1CCCN(C(=O)c2ccc3c(c2)nc(-c2cc4cccnc4n2CC2CC2)n3C)[C@@H]1C. The predicted molar refractivity (Wildman–Crippen MR) is 139 cm³/mol. The van der Waals surface area contributed by atoms with Crippen LogP contribution in [0.2, 0.25) is 0 Å². The number of benzene rings is 1. The van der Waals surface area contributed by atoms with Gasteiger partial charge in [0.25, 0.3) is 5.91 Å². The van der Waals surface area contributed by atoms with Gasteiger partial charge in [0.1, 0.15) is 5.65 Å². The van der Waals surface area contributed by atoms with E-state index < -0.39 is 0 Å². The van der Waals surface area contributed by atoms with E-state index in [2.05, 4.69) is 50.4 Å². The molecule has 0 radical (unpaired) electrons. The van der Waals surface area contributed by atoms with Gasteiger partial charge in [-0.1, -0.05) is 0 Å². The van der Waals surface area contributed by atoms with Gasteiger partial charge >= 0.3 is 0 Å². The Morgan fingerprint density at radius 3 is 2.83 bits per heavy atom. The van der Waals surface area contributed by atoms with Gasteiger partial charge in [0, 0.05) is 43.3 Å². The Balaban J connectivity index is 1.37. The number of amides is 1. The lowest BCUT2D eigenvalue weighted by Gasteiger charge is -2.39. The van der Waals surface area contributed by atoms with Crippen molar-refractivity contribution in [2.24, 2.45) is 18.9 Å². The minimum Gasteiger partial charge on any atom is -0.336 e. The monoisotopic (exact) mass is 470 g/mol. The van der Waals surface area contributed by atoms with Crippen molar-refractivity contribution in [2.75, 3.05) is 20.1 Å². The molecule has 7 nitrogen and oxygen atoms in total. The Hall–Kier alpha value is -3.19. The fraction of sp³-hybridized carbons (Fsp3) is 0.464. The van der Waals surface area contributed by atoms with Gasteiger partial charge in [-0.2, -0.15) is 0 Å². The van der Waals surface area contributed by atoms with E-state index in [1.54, 1.807) is 0 Å². The van der Waals surface area contributed by atoms with Crippen LogP contribution < -0.4 is 5.32 Å². The Labute approximate surface area is 206 Å². The zero-order chi connectivity index (χ0) is 24.1. The lowest BCUT2D eigenvalue weighted by atomic mass is 9.89. The Bertz CT molecular complexity index is 1400. The Morgan fingerprint density at radius 2 is 2.03 bits per heavy atom. The molecule has 7 heteroatoms. The van der Waals surface area contributed by atoms with Gasteiger partial charge in [-0.25, -0.2) is 9.97 Å². The van der Waals surface area contributed by atoms with Crippen LogP contribution in [-0.4, -0.2) is 56.1 Å². The molecule has 35 heavy (non-hydrogen) atoms. The molecule has 0 bridgehead atoms. The highest BCUT2D eigenvalue weighted by molar-refractivity contribution is 5.98. The number of carbonyl (C=O) groups is 1. The van der Waals surface area contributed by atoms with Crippen LogP contribution >= 0.6 is 0 Å². The van der Waals surface area contributed by atoms with Crippen molar-refractivity contribution >= 4 is 28.0 Å². The van der Waals surface area contributed by atoms with Gasteiger partial charge in [-0.05, 0) is 94.4 Å². The molecule has 2 atom stereocenters. The minimum absolute atomic E-state index is 0.111. The summed E-state index contributed by atoms with van der Waals surface area (Å²) in [4.78, 5) is 25.3. The number of fused-ring (bicyclic) bond motifs is 2. The highest BCUT2D eigenvalue weighted by Gasteiger charge is 2.31. The molecule has 182 valence electrons. The summed E-state index contributed by atoms with van der Waals surface area (Å²) in [5.74, 6) is 2.25. The van der Waals surface area contributed by atoms with E-state index in [1.807, 2.05) is 37.5 Å². The molecule has 1 saturated heterocycles. The molecular formula is C28H34N6O. The number of aryl methyl sites for hydroxylation is 1. The molecule has 1 N–H and O–H groups in total. The quantitative estimate of drug-likeness (QED) is 0.452. The molecule has 1 aliphatic carbocycles. The van der Waals surface area contributed by atoms with E-state index in [4.69, 9.17) is 4.98 Å². The van der Waals surface area contributed by atoms with Crippen molar-refractivity contribution in [2.45, 2.75) is 45.2 Å². The topological polar surface area (TPSA) is 68.0 Å². The molecule has 2 fully saturated rings. The summed E-state index contributed by atoms with van der Waals surface area (Å²) in [7, 11) is 4.05. The largest absolute Gasteiger partial charge is 0.336 e. The van der Waals surface area contributed by atoms with Crippen molar-refractivity contribution in [3.63, 3.8) is 0 Å². The van der Waals surface area contributed by atoms with E-state index in [0.29, 0.717) is 5.92 Å². The third kappa shape index (κ3) is 3.92. The van der Waals surface area contributed by atoms with E-state index >= 15 is 0 Å². The van der Waals surface area contributed by atoms with Crippen LogP contribution in [-0.2, 0) is 13.6 Å². The first-order valence-corrected chi connectivity index (χ1v) is 12.9. The van der Waals surface area contributed by atoms with Crippen LogP contribution in [0.5, 0.6) is 0 Å². The number of hydrogen-bond acceptors (Lipinski definition) is 4. The van der Waals surface area contributed by atoms with E-state index in [0.717, 1.165) is 77.5 Å². The minimum atomic E-state index is 0.111. The molecule has 0 unspecified atom stereocenters. The van der Waals surface area contributed by atoms with Gasteiger partial charge in [0.05, 0.1) is 16.7 Å². The fourth-order valence-corrected chi connectivity index (χ4v) is 5.79. The second kappa shape index (κ2) is 8.79. The summed E-state index contributed by atoms with van der Waals surface area (Å²) < 4.78 is 4.48. The second-order valence-electron chi connectivity index (χ2n) is 10.4. The average Bonchev–Trinajstić information content (AvgIpc) is 3.54. The summed E-state index contributed by atoms with van der Waals surface area (Å²) in [6.45, 7) is 4.92. The zero-order valence-electron chi connectivity index (χ0n) is 20.9. The van der Waals surface area contributed by atoms with Crippen LogP contribution in [0.15, 0.2) is 42.6 Å². The molecule has 1 aromatic carbocycles. The number of imidazole rings is 1. The van der Waals surface area contributed by atoms with E-state index in [9.17, 15) is 4.79 Å². The van der Waals surface area contributed by atoms with Crippen molar-refractivity contribution in [1.29, 1.82) is 0 Å². The number of rotatable bonds is 6. The fourth-order valence-electron chi connectivity index (χ4n) is 5.79. The van der Waals surface area contributed by atoms with Crippen molar-refractivity contribution in [1.82, 2.24) is 29.3 Å². The molecule has 6 rings (SSSR count). The van der Waals surface area contributed by atoms with Crippen LogP contribution in [0, 0.1) is 11.8 Å². The normalized spacial score (nSPS) is 20.7. The van der Waals surface area contributed by atoms with Gasteiger partial charge in [0.15, 0.2) is 5.82 Å². The average molecular weight is 471 g/mol. The number of piperidine rings is 1. The summed E-state index contributed by atoms with van der Waals surface area (Å²) in [6.07, 6.45) is 6.65. The first-order valence-electron chi connectivity index (χ1n) is 12.9. The molecule has 1 amide bonds. The number of pyridine rings is 1. The molecule has 4 heterocycles. The summed E-state index contributed by atoms with van der Waals surface area (Å²) in [5.41, 5.74) is 4.73. The van der Waals surface area contributed by atoms with Crippen LogP contribution in [0.3, 0.4) is 0 Å². The molecule has 3 aromatic heterocycles. The first kappa shape index (κ1) is 22.3. The molecule has 1 saturated carbocycles. The van der Waals surface area contributed by atoms with Crippen molar-refractivity contribution in [3.8, 4) is 11.5 Å². The summed E-state index contributed by atoms with van der Waals surface area (Å²) in [6, 6.07) is 12.5. The summed E-state index contributed by atoms with van der Waals surface area (Å²) in [5, 5.41) is 4.43. The van der Waals surface area contributed by atoms with Gasteiger partial charge in [-0.3, -0.25) is 4.79 Å². The number of aromatic nitrogens is 4. The number of nitrogens with one attached hydrogen (secondary N) is 1. The highest BCUT2D eigenvalue weighted by atomic mass is 16.2. The molecule has 2 aliphatic rings. The number of hydrogen-bond donors (Lipinski definition) is 1. The third-order valence-corrected chi connectivity index (χ3v) is 8.03. The molecule has 0 spiro atoms. The maximum atomic E-state index is 13.5. The van der Waals surface area contributed by atoms with Gasteiger partial charge in [0.2, 0.25) is 0 Å². The first-order chi connectivity index (χ1) is 17.0. The van der Waals surface area contributed by atoms with E-state index in [-0.39, 0.29) is 11.9 Å². The Kier molecular flexibility index (Phi) is 5.60. The maximum Gasteiger partial charge on any atom is 0.254 e. The van der Waals surface area contributed by atoms with Crippen LogP contribution in [0.1, 0.15) is 43.0 Å². The van der Waals surface area contributed by atoms with Gasteiger partial charge < -0.3 is 19.4 Å². The Morgan fingerprint density at radius 1 is 1.17 bits per heavy atom. The number of nitrogens with zero attached hydrogens (tertiary/aromatic N) is 5. The second-order valence-corrected chi connectivity index (χ2v) is 10.4. The van der Waals surface area contributed by atoms with Crippen LogP contribution in [0.25, 0.3) is 33.6 Å². The lowest BCUT2D eigenvalue weighted by Crippen LogP contribution is -2.49. The summed E-state index contributed by atoms with van der Waals surface area (Å²) >= 11 is 0. The smallest absolute Gasteiger partial charge is 0.254 e. The number of carbonyl (C=O) groups excluding carboxylic acids is 1. The maximum absolute atomic E-state index is 13.5. The van der Waals surface area contributed by atoms with Gasteiger partial charge in [-0.15, -0.1) is 0 Å². The van der Waals surface area contributed by atoms with Crippen molar-refractivity contribution < 1.29 is 4.79 Å².